The second-order valence-electron chi connectivity index (χ2n) is 4.60. The summed E-state index contributed by atoms with van der Waals surface area (Å²) in [5, 5.41) is 2.65. The van der Waals surface area contributed by atoms with Gasteiger partial charge in [-0.2, -0.15) is 4.39 Å². The number of rotatable bonds is 5. The van der Waals surface area contributed by atoms with Gasteiger partial charge in [0.15, 0.2) is 23.9 Å². The number of nitrogens with one attached hydrogen (secondary N) is 1. The Morgan fingerprint density at radius 2 is 2.19 bits per heavy atom. The van der Waals surface area contributed by atoms with Crippen molar-refractivity contribution in [2.75, 3.05) is 0 Å². The largest absolute Gasteiger partial charge is 0.481 e. The van der Waals surface area contributed by atoms with Gasteiger partial charge in [-0.05, 0) is 26.0 Å². The van der Waals surface area contributed by atoms with E-state index in [1.54, 1.807) is 0 Å². The third kappa shape index (κ3) is 3.77. The van der Waals surface area contributed by atoms with Gasteiger partial charge in [0.05, 0.1) is 0 Å². The van der Waals surface area contributed by atoms with E-state index < -0.39 is 11.6 Å². The molecule has 0 spiro atoms. The fraction of sp³-hybridized carbons (Fsp3) is 0.286. The zero-order valence-corrected chi connectivity index (χ0v) is 11.5. The van der Waals surface area contributed by atoms with E-state index in [1.165, 1.54) is 18.4 Å². The molecule has 1 N–H and O–H groups in total. The van der Waals surface area contributed by atoms with Gasteiger partial charge >= 0.3 is 0 Å². The molecule has 2 aromatic rings. The van der Waals surface area contributed by atoms with E-state index in [9.17, 15) is 13.6 Å². The quantitative estimate of drug-likeness (QED) is 0.921. The van der Waals surface area contributed by atoms with Crippen LogP contribution in [-0.4, -0.2) is 16.9 Å². The number of hydrogen-bond acceptors (Lipinski definition) is 4. The van der Waals surface area contributed by atoms with Crippen molar-refractivity contribution in [2.45, 2.75) is 26.5 Å². The Kier molecular flexibility index (Phi) is 4.52. The Bertz CT molecular complexity index is 641. The second-order valence-corrected chi connectivity index (χ2v) is 4.60. The van der Waals surface area contributed by atoms with Gasteiger partial charge in [0.2, 0.25) is 11.7 Å². The number of nitrogens with zero attached hydrogens (tertiary/aromatic N) is 1. The predicted molar refractivity (Wildman–Crippen MR) is 69.8 cm³/mol. The van der Waals surface area contributed by atoms with Crippen LogP contribution in [0.15, 0.2) is 28.9 Å². The van der Waals surface area contributed by atoms with Gasteiger partial charge in [0.25, 0.3) is 5.91 Å². The van der Waals surface area contributed by atoms with E-state index in [2.05, 4.69) is 10.3 Å². The van der Waals surface area contributed by atoms with Gasteiger partial charge in [-0.1, -0.05) is 6.07 Å². The van der Waals surface area contributed by atoms with Gasteiger partial charge in [-0.25, -0.2) is 9.37 Å². The number of benzene rings is 1. The summed E-state index contributed by atoms with van der Waals surface area (Å²) in [7, 11) is 0. The maximum absolute atomic E-state index is 13.4. The molecule has 0 aliphatic rings. The molecule has 5 nitrogen and oxygen atoms in total. The first-order chi connectivity index (χ1) is 9.97. The number of carbonyl (C=O) groups is 1. The smallest absolute Gasteiger partial charge is 0.273 e. The maximum atomic E-state index is 13.4. The summed E-state index contributed by atoms with van der Waals surface area (Å²) in [5.41, 5.74) is 0.0991. The van der Waals surface area contributed by atoms with Crippen molar-refractivity contribution >= 4 is 5.91 Å². The highest BCUT2D eigenvalue weighted by molar-refractivity contribution is 5.92. The molecule has 0 radical (unpaired) electrons. The summed E-state index contributed by atoms with van der Waals surface area (Å²) in [6.45, 7) is 3.42. The average molecular weight is 296 g/mol. The van der Waals surface area contributed by atoms with Gasteiger partial charge in [0.1, 0.15) is 6.26 Å². The van der Waals surface area contributed by atoms with Crippen LogP contribution in [0.1, 0.15) is 30.2 Å². The molecule has 0 saturated heterocycles. The molecular weight excluding hydrogens is 282 g/mol. The average Bonchev–Trinajstić information content (AvgIpc) is 2.89. The molecule has 21 heavy (non-hydrogen) atoms. The van der Waals surface area contributed by atoms with E-state index in [0.29, 0.717) is 0 Å². The summed E-state index contributed by atoms with van der Waals surface area (Å²) in [6, 6.07) is 3.57. The predicted octanol–water partition coefficient (Wildman–Crippen LogP) is 2.67. The Morgan fingerprint density at radius 1 is 1.43 bits per heavy atom. The first kappa shape index (κ1) is 15.0. The fourth-order valence-electron chi connectivity index (χ4n) is 1.55. The zero-order valence-electron chi connectivity index (χ0n) is 11.5. The Balaban J connectivity index is 2.00. The standard InChI is InChI=1S/C14H14F2N2O3/c1-8(2)17-14(19)10-6-21-12(18-10)7-20-11-5-3-4-9(15)13(11)16/h3-6,8H,7H2,1-2H3,(H,17,19). The molecule has 0 aliphatic carbocycles. The molecule has 1 heterocycles. The van der Waals surface area contributed by atoms with Gasteiger partial charge < -0.3 is 14.5 Å². The Labute approximate surface area is 119 Å². The minimum absolute atomic E-state index is 0.0321. The first-order valence-electron chi connectivity index (χ1n) is 6.29. The molecule has 0 aliphatic heterocycles. The minimum atomic E-state index is -1.08. The normalized spacial score (nSPS) is 10.7. The number of hydrogen-bond donors (Lipinski definition) is 1. The van der Waals surface area contributed by atoms with Crippen LogP contribution in [0.2, 0.25) is 0 Å². The van der Waals surface area contributed by atoms with E-state index in [4.69, 9.17) is 9.15 Å². The number of halogens is 2. The van der Waals surface area contributed by atoms with E-state index >= 15 is 0 Å². The van der Waals surface area contributed by atoms with Crippen LogP contribution in [0.3, 0.4) is 0 Å². The molecular formula is C14H14F2N2O3. The van der Waals surface area contributed by atoms with Crippen LogP contribution in [0.5, 0.6) is 5.75 Å². The van der Waals surface area contributed by atoms with E-state index in [1.807, 2.05) is 13.8 Å². The number of oxazole rings is 1. The number of amides is 1. The Morgan fingerprint density at radius 3 is 2.90 bits per heavy atom. The molecule has 1 aromatic carbocycles. The highest BCUT2D eigenvalue weighted by Gasteiger charge is 2.14. The summed E-state index contributed by atoms with van der Waals surface area (Å²) in [6.07, 6.45) is 1.18. The first-order valence-corrected chi connectivity index (χ1v) is 6.29. The number of aromatic nitrogens is 1. The van der Waals surface area contributed by atoms with Crippen LogP contribution in [0, 0.1) is 11.6 Å². The summed E-state index contributed by atoms with van der Waals surface area (Å²) in [5.74, 6) is -2.62. The Hall–Kier alpha value is -2.44. The summed E-state index contributed by atoms with van der Waals surface area (Å²) >= 11 is 0. The van der Waals surface area contributed by atoms with Crippen LogP contribution in [0.4, 0.5) is 8.78 Å². The molecule has 1 amide bonds. The van der Waals surface area contributed by atoms with Crippen molar-refractivity contribution in [2.24, 2.45) is 0 Å². The third-order valence-electron chi connectivity index (χ3n) is 2.47. The van der Waals surface area contributed by atoms with Crippen molar-refractivity contribution in [3.05, 3.63) is 47.7 Å². The fourth-order valence-corrected chi connectivity index (χ4v) is 1.55. The molecule has 2 rings (SSSR count). The third-order valence-corrected chi connectivity index (χ3v) is 2.47. The molecule has 0 bridgehead atoms. The number of carbonyl (C=O) groups excluding carboxylic acids is 1. The minimum Gasteiger partial charge on any atom is -0.481 e. The van der Waals surface area contributed by atoms with Crippen LogP contribution < -0.4 is 10.1 Å². The van der Waals surface area contributed by atoms with Gasteiger partial charge in [-0.15, -0.1) is 0 Å². The lowest BCUT2D eigenvalue weighted by molar-refractivity contribution is 0.0938. The second kappa shape index (κ2) is 6.34. The summed E-state index contributed by atoms with van der Waals surface area (Å²) in [4.78, 5) is 15.6. The summed E-state index contributed by atoms with van der Waals surface area (Å²) < 4.78 is 36.5. The van der Waals surface area contributed by atoms with Crippen molar-refractivity contribution in [1.29, 1.82) is 0 Å². The molecule has 0 unspecified atom stereocenters. The van der Waals surface area contributed by atoms with Crippen LogP contribution in [0.25, 0.3) is 0 Å². The number of ether oxygens (including phenoxy) is 1. The van der Waals surface area contributed by atoms with Crippen LogP contribution in [-0.2, 0) is 6.61 Å². The lowest BCUT2D eigenvalue weighted by Gasteiger charge is -2.05. The van der Waals surface area contributed by atoms with Crippen molar-refractivity contribution < 1.29 is 22.7 Å². The van der Waals surface area contributed by atoms with E-state index in [-0.39, 0.29) is 35.9 Å². The molecule has 0 saturated carbocycles. The molecule has 0 fully saturated rings. The topological polar surface area (TPSA) is 64.4 Å². The van der Waals surface area contributed by atoms with E-state index in [0.717, 1.165) is 6.07 Å². The molecule has 112 valence electrons. The van der Waals surface area contributed by atoms with Gasteiger partial charge in [-0.3, -0.25) is 4.79 Å². The van der Waals surface area contributed by atoms with Crippen LogP contribution >= 0.6 is 0 Å². The lowest BCUT2D eigenvalue weighted by atomic mass is 10.3. The molecule has 0 atom stereocenters. The monoisotopic (exact) mass is 296 g/mol. The highest BCUT2D eigenvalue weighted by atomic mass is 19.2. The zero-order chi connectivity index (χ0) is 15.4. The lowest BCUT2D eigenvalue weighted by Crippen LogP contribution is -2.30. The highest BCUT2D eigenvalue weighted by Crippen LogP contribution is 2.20. The van der Waals surface area contributed by atoms with Gasteiger partial charge in [0, 0.05) is 6.04 Å². The molecule has 1 aromatic heterocycles. The van der Waals surface area contributed by atoms with Crippen molar-refractivity contribution in [3.63, 3.8) is 0 Å². The SMILES string of the molecule is CC(C)NC(=O)c1coc(COc2cccc(F)c2F)n1. The molecule has 7 heteroatoms. The maximum Gasteiger partial charge on any atom is 0.273 e. The van der Waals surface area contributed by atoms with Crippen molar-refractivity contribution in [3.8, 4) is 5.75 Å². The van der Waals surface area contributed by atoms with Crippen molar-refractivity contribution in [1.82, 2.24) is 10.3 Å².